The molecular weight excluding hydrogens is 370 g/mol. The number of carbonyl (C=O) groups excluding carboxylic acids is 3. The van der Waals surface area contributed by atoms with Gasteiger partial charge >= 0.3 is 5.97 Å². The Labute approximate surface area is 161 Å². The quantitative estimate of drug-likeness (QED) is 0.643. The molecule has 1 aromatic heterocycles. The van der Waals surface area contributed by atoms with Gasteiger partial charge in [-0.25, -0.2) is 0 Å². The minimum Gasteiger partial charge on any atom is -0.493 e. The van der Waals surface area contributed by atoms with Crippen molar-refractivity contribution in [1.29, 1.82) is 0 Å². The van der Waals surface area contributed by atoms with Gasteiger partial charge in [0.15, 0.2) is 23.9 Å². The van der Waals surface area contributed by atoms with Crippen molar-refractivity contribution in [2.75, 3.05) is 27.9 Å². The Morgan fingerprint density at radius 1 is 1.04 bits per heavy atom. The molecule has 0 aliphatic heterocycles. The van der Waals surface area contributed by atoms with Crippen molar-refractivity contribution in [2.24, 2.45) is 0 Å². The van der Waals surface area contributed by atoms with Crippen LogP contribution >= 0.6 is 0 Å². The van der Waals surface area contributed by atoms with Gasteiger partial charge in [-0.3, -0.25) is 19.7 Å². The van der Waals surface area contributed by atoms with Crippen LogP contribution in [0.3, 0.4) is 0 Å². The van der Waals surface area contributed by atoms with E-state index < -0.39 is 24.4 Å². The van der Waals surface area contributed by atoms with Gasteiger partial charge in [-0.05, 0) is 36.2 Å². The highest BCUT2D eigenvalue weighted by Crippen LogP contribution is 2.38. The molecule has 2 aromatic rings. The molecule has 0 atom stereocenters. The number of esters is 1. The lowest BCUT2D eigenvalue weighted by atomic mass is 10.1. The molecule has 0 spiro atoms. The third kappa shape index (κ3) is 5.50. The van der Waals surface area contributed by atoms with E-state index >= 15 is 0 Å². The number of aryl methyl sites for hydroxylation is 1. The van der Waals surface area contributed by atoms with Gasteiger partial charge in [0.1, 0.15) is 0 Å². The first-order chi connectivity index (χ1) is 13.5. The summed E-state index contributed by atoms with van der Waals surface area (Å²) in [6, 6.07) is 6.38. The summed E-state index contributed by atoms with van der Waals surface area (Å²) in [6.07, 6.45) is 1.67. The van der Waals surface area contributed by atoms with Crippen LogP contribution in [0.2, 0.25) is 0 Å². The van der Waals surface area contributed by atoms with Crippen LogP contribution in [0.1, 0.15) is 22.5 Å². The zero-order valence-electron chi connectivity index (χ0n) is 15.8. The number of ether oxygens (including phenoxy) is 4. The average Bonchev–Trinajstić information content (AvgIpc) is 3.24. The van der Waals surface area contributed by atoms with Gasteiger partial charge < -0.3 is 23.4 Å². The van der Waals surface area contributed by atoms with Crippen molar-refractivity contribution in [3.05, 3.63) is 41.9 Å². The van der Waals surface area contributed by atoms with E-state index in [4.69, 9.17) is 23.4 Å². The van der Waals surface area contributed by atoms with E-state index in [1.54, 1.807) is 12.1 Å². The first kappa shape index (κ1) is 20.8. The smallest absolute Gasteiger partial charge is 0.306 e. The van der Waals surface area contributed by atoms with Gasteiger partial charge in [-0.2, -0.15) is 0 Å². The van der Waals surface area contributed by atoms with Crippen LogP contribution in [0.25, 0.3) is 0 Å². The fourth-order valence-electron chi connectivity index (χ4n) is 2.38. The van der Waals surface area contributed by atoms with E-state index in [9.17, 15) is 14.4 Å². The van der Waals surface area contributed by atoms with E-state index in [0.29, 0.717) is 23.7 Å². The minimum atomic E-state index is -0.748. The third-order valence-electron chi connectivity index (χ3n) is 3.70. The number of carbonyl (C=O) groups is 3. The van der Waals surface area contributed by atoms with Gasteiger partial charge in [0.05, 0.1) is 27.6 Å². The standard InChI is InChI=1S/C19H21NO8/c1-24-14-9-12(10-15(25-2)18(14)26-3)6-7-17(22)28-11-16(21)20-19(23)13-5-4-8-27-13/h4-5,8-10H,6-7,11H2,1-3H3,(H,20,21,23). The maximum Gasteiger partial charge on any atom is 0.306 e. The lowest BCUT2D eigenvalue weighted by molar-refractivity contribution is -0.148. The summed E-state index contributed by atoms with van der Waals surface area (Å²) in [5.74, 6) is -0.654. The molecule has 0 bridgehead atoms. The molecule has 28 heavy (non-hydrogen) atoms. The summed E-state index contributed by atoms with van der Waals surface area (Å²) in [4.78, 5) is 35.2. The van der Waals surface area contributed by atoms with E-state index in [2.05, 4.69) is 5.32 Å². The van der Waals surface area contributed by atoms with Crippen LogP contribution in [0, 0.1) is 0 Å². The van der Waals surface area contributed by atoms with Crippen LogP contribution < -0.4 is 19.5 Å². The zero-order chi connectivity index (χ0) is 20.5. The average molecular weight is 391 g/mol. The van der Waals surface area contributed by atoms with Crippen molar-refractivity contribution in [1.82, 2.24) is 5.32 Å². The molecule has 150 valence electrons. The normalized spacial score (nSPS) is 10.1. The first-order valence-electron chi connectivity index (χ1n) is 8.30. The van der Waals surface area contributed by atoms with Crippen LogP contribution in [0.5, 0.6) is 17.2 Å². The monoisotopic (exact) mass is 391 g/mol. The molecule has 1 aromatic carbocycles. The predicted molar refractivity (Wildman–Crippen MR) is 96.6 cm³/mol. The number of benzene rings is 1. The Hall–Kier alpha value is -3.49. The second-order valence-corrected chi connectivity index (χ2v) is 5.55. The summed E-state index contributed by atoms with van der Waals surface area (Å²) in [5, 5.41) is 2.06. The molecule has 0 radical (unpaired) electrons. The summed E-state index contributed by atoms with van der Waals surface area (Å²) in [7, 11) is 4.50. The minimum absolute atomic E-state index is 0.0120. The van der Waals surface area contributed by atoms with Crippen molar-refractivity contribution >= 4 is 17.8 Å². The van der Waals surface area contributed by atoms with Gasteiger partial charge in [0.25, 0.3) is 11.8 Å². The number of nitrogens with one attached hydrogen (secondary N) is 1. The van der Waals surface area contributed by atoms with E-state index in [-0.39, 0.29) is 12.2 Å². The maximum atomic E-state index is 11.9. The van der Waals surface area contributed by atoms with Crippen molar-refractivity contribution in [2.45, 2.75) is 12.8 Å². The van der Waals surface area contributed by atoms with Gasteiger partial charge in [-0.15, -0.1) is 0 Å². The molecule has 9 nitrogen and oxygen atoms in total. The topological polar surface area (TPSA) is 113 Å². The largest absolute Gasteiger partial charge is 0.493 e. The van der Waals surface area contributed by atoms with Crippen LogP contribution in [0.15, 0.2) is 34.9 Å². The molecule has 2 amide bonds. The first-order valence-corrected chi connectivity index (χ1v) is 8.30. The number of amides is 2. The number of imide groups is 1. The number of furan rings is 1. The van der Waals surface area contributed by atoms with Gasteiger partial charge in [0.2, 0.25) is 5.75 Å². The molecule has 1 heterocycles. The maximum absolute atomic E-state index is 11.9. The Morgan fingerprint density at radius 3 is 2.25 bits per heavy atom. The Kier molecular flexibility index (Phi) is 7.44. The van der Waals surface area contributed by atoms with Crippen LogP contribution in [-0.2, 0) is 20.7 Å². The molecule has 0 aliphatic carbocycles. The van der Waals surface area contributed by atoms with Gasteiger partial charge in [0, 0.05) is 6.42 Å². The molecule has 2 rings (SSSR count). The molecule has 0 saturated carbocycles. The van der Waals surface area contributed by atoms with E-state index in [0.717, 1.165) is 5.56 Å². The van der Waals surface area contributed by atoms with Gasteiger partial charge in [-0.1, -0.05) is 0 Å². The highest BCUT2D eigenvalue weighted by molar-refractivity contribution is 6.03. The molecule has 0 saturated heterocycles. The van der Waals surface area contributed by atoms with Crippen LogP contribution in [-0.4, -0.2) is 45.7 Å². The molecule has 0 unspecified atom stereocenters. The molecule has 0 aliphatic rings. The SMILES string of the molecule is COc1cc(CCC(=O)OCC(=O)NC(=O)c2ccco2)cc(OC)c1OC. The Morgan fingerprint density at radius 2 is 1.71 bits per heavy atom. The molecule has 0 fully saturated rings. The summed E-state index contributed by atoms with van der Waals surface area (Å²) >= 11 is 0. The van der Waals surface area contributed by atoms with Crippen molar-refractivity contribution in [3.63, 3.8) is 0 Å². The number of rotatable bonds is 9. The van der Waals surface area contributed by atoms with Crippen molar-refractivity contribution in [3.8, 4) is 17.2 Å². The predicted octanol–water partition coefficient (Wildman–Crippen LogP) is 1.74. The Bertz CT molecular complexity index is 803. The van der Waals surface area contributed by atoms with E-state index in [1.807, 2.05) is 0 Å². The number of hydrogen-bond donors (Lipinski definition) is 1. The second kappa shape index (κ2) is 10.0. The summed E-state index contributed by atoms with van der Waals surface area (Å²) in [6.45, 7) is -0.569. The highest BCUT2D eigenvalue weighted by atomic mass is 16.5. The summed E-state index contributed by atoms with van der Waals surface area (Å²) < 4.78 is 25.5. The van der Waals surface area contributed by atoms with Crippen LogP contribution in [0.4, 0.5) is 0 Å². The second-order valence-electron chi connectivity index (χ2n) is 5.55. The van der Waals surface area contributed by atoms with Crippen molar-refractivity contribution < 1.29 is 37.7 Å². The number of methoxy groups -OCH3 is 3. The fourth-order valence-corrected chi connectivity index (χ4v) is 2.38. The fraction of sp³-hybridized carbons (Fsp3) is 0.316. The number of hydrogen-bond acceptors (Lipinski definition) is 8. The zero-order valence-corrected chi connectivity index (χ0v) is 15.8. The third-order valence-corrected chi connectivity index (χ3v) is 3.70. The Balaban J connectivity index is 1.83. The summed E-state index contributed by atoms with van der Waals surface area (Å²) in [5.41, 5.74) is 0.767. The lowest BCUT2D eigenvalue weighted by Crippen LogP contribution is -2.34. The lowest BCUT2D eigenvalue weighted by Gasteiger charge is -2.14. The van der Waals surface area contributed by atoms with E-state index in [1.165, 1.54) is 39.7 Å². The molecule has 1 N–H and O–H groups in total. The molecular formula is C19H21NO8. The highest BCUT2D eigenvalue weighted by Gasteiger charge is 2.16. The molecule has 9 heteroatoms.